The summed E-state index contributed by atoms with van der Waals surface area (Å²) in [5.41, 5.74) is 1.40. The van der Waals surface area contributed by atoms with Crippen molar-refractivity contribution < 1.29 is 19.2 Å². The molecule has 0 aliphatic carbocycles. The number of nitro groups is 1. The van der Waals surface area contributed by atoms with Gasteiger partial charge in [0.2, 0.25) is 0 Å². The highest BCUT2D eigenvalue weighted by molar-refractivity contribution is 6.02. The van der Waals surface area contributed by atoms with Gasteiger partial charge >= 0.3 is 5.97 Å². The first-order valence-electron chi connectivity index (χ1n) is 8.37. The SMILES string of the molecule is O=C(OC1CCN(c2cccc([N+](=O)[O-])c2)C1=O)c1cc2ccccc2[nH]1. The highest BCUT2D eigenvalue weighted by Crippen LogP contribution is 2.27. The number of fused-ring (bicyclic) bond motifs is 1. The van der Waals surface area contributed by atoms with E-state index < -0.39 is 17.0 Å². The maximum Gasteiger partial charge on any atom is 0.355 e. The maximum absolute atomic E-state index is 12.6. The average Bonchev–Trinajstić information content (AvgIpc) is 3.26. The van der Waals surface area contributed by atoms with Gasteiger partial charge in [-0.15, -0.1) is 0 Å². The summed E-state index contributed by atoms with van der Waals surface area (Å²) in [7, 11) is 0. The quantitative estimate of drug-likeness (QED) is 0.435. The van der Waals surface area contributed by atoms with Crippen LogP contribution in [0.4, 0.5) is 11.4 Å². The van der Waals surface area contributed by atoms with Crippen LogP contribution in [0.1, 0.15) is 16.9 Å². The van der Waals surface area contributed by atoms with Crippen molar-refractivity contribution in [1.82, 2.24) is 4.98 Å². The van der Waals surface area contributed by atoms with Crippen LogP contribution in [0, 0.1) is 10.1 Å². The fourth-order valence-corrected chi connectivity index (χ4v) is 3.17. The lowest BCUT2D eigenvalue weighted by Crippen LogP contribution is -2.32. The number of aromatic amines is 1. The topological polar surface area (TPSA) is 106 Å². The number of rotatable bonds is 4. The Morgan fingerprint density at radius 2 is 2.00 bits per heavy atom. The monoisotopic (exact) mass is 365 g/mol. The maximum atomic E-state index is 12.6. The van der Waals surface area contributed by atoms with Crippen LogP contribution in [0.2, 0.25) is 0 Å². The zero-order valence-corrected chi connectivity index (χ0v) is 14.1. The first-order valence-corrected chi connectivity index (χ1v) is 8.37. The number of benzene rings is 2. The second-order valence-corrected chi connectivity index (χ2v) is 6.22. The van der Waals surface area contributed by atoms with Crippen molar-refractivity contribution in [1.29, 1.82) is 0 Å². The van der Waals surface area contributed by atoms with E-state index in [9.17, 15) is 19.7 Å². The summed E-state index contributed by atoms with van der Waals surface area (Å²) in [6, 6.07) is 14.9. The van der Waals surface area contributed by atoms with Crippen molar-refractivity contribution >= 4 is 34.2 Å². The fourth-order valence-electron chi connectivity index (χ4n) is 3.17. The van der Waals surface area contributed by atoms with Gasteiger partial charge in [0, 0.05) is 36.0 Å². The normalized spacial score (nSPS) is 16.7. The van der Waals surface area contributed by atoms with Gasteiger partial charge in [-0.2, -0.15) is 0 Å². The molecule has 27 heavy (non-hydrogen) atoms. The highest BCUT2D eigenvalue weighted by Gasteiger charge is 2.36. The fraction of sp³-hybridized carbons (Fsp3) is 0.158. The van der Waals surface area contributed by atoms with E-state index in [1.807, 2.05) is 24.3 Å². The van der Waals surface area contributed by atoms with Crippen molar-refractivity contribution in [2.24, 2.45) is 0 Å². The number of nitrogens with one attached hydrogen (secondary N) is 1. The Bertz CT molecular complexity index is 1030. The van der Waals surface area contributed by atoms with E-state index in [0.29, 0.717) is 18.7 Å². The van der Waals surface area contributed by atoms with Gasteiger partial charge in [-0.25, -0.2) is 4.79 Å². The molecular formula is C19H15N3O5. The summed E-state index contributed by atoms with van der Waals surface area (Å²) < 4.78 is 5.37. The zero-order valence-electron chi connectivity index (χ0n) is 14.1. The lowest BCUT2D eigenvalue weighted by molar-refractivity contribution is -0.384. The Balaban J connectivity index is 1.49. The Morgan fingerprint density at radius 3 is 2.78 bits per heavy atom. The van der Waals surface area contributed by atoms with Gasteiger partial charge in [-0.05, 0) is 18.2 Å². The molecule has 1 aromatic heterocycles. The molecule has 2 heterocycles. The number of non-ortho nitro benzene ring substituents is 1. The van der Waals surface area contributed by atoms with Crippen LogP contribution in [0.15, 0.2) is 54.6 Å². The molecule has 1 fully saturated rings. The van der Waals surface area contributed by atoms with E-state index in [4.69, 9.17) is 4.74 Å². The summed E-state index contributed by atoms with van der Waals surface area (Å²) in [4.78, 5) is 39.8. The third kappa shape index (κ3) is 3.12. The molecule has 1 N–H and O–H groups in total. The minimum atomic E-state index is -0.914. The summed E-state index contributed by atoms with van der Waals surface area (Å²) in [6.07, 6.45) is -0.587. The van der Waals surface area contributed by atoms with E-state index in [-0.39, 0.29) is 17.3 Å². The summed E-state index contributed by atoms with van der Waals surface area (Å²) >= 11 is 0. The molecule has 1 aliphatic heterocycles. The number of amides is 1. The van der Waals surface area contributed by atoms with Crippen molar-refractivity contribution in [3.05, 3.63) is 70.4 Å². The van der Waals surface area contributed by atoms with Crippen LogP contribution < -0.4 is 4.90 Å². The van der Waals surface area contributed by atoms with Gasteiger partial charge < -0.3 is 14.6 Å². The molecule has 8 heteroatoms. The van der Waals surface area contributed by atoms with Gasteiger partial charge in [0.25, 0.3) is 11.6 Å². The Labute approximate surface area is 153 Å². The molecule has 1 aliphatic rings. The molecule has 0 spiro atoms. The van der Waals surface area contributed by atoms with E-state index in [1.54, 1.807) is 12.1 Å². The molecule has 136 valence electrons. The molecule has 0 saturated carbocycles. The number of anilines is 1. The molecule has 1 atom stereocenters. The second kappa shape index (κ2) is 6.56. The van der Waals surface area contributed by atoms with Crippen LogP contribution in [0.3, 0.4) is 0 Å². The number of hydrogen-bond donors (Lipinski definition) is 1. The molecule has 4 rings (SSSR count). The van der Waals surface area contributed by atoms with E-state index in [1.165, 1.54) is 23.1 Å². The summed E-state index contributed by atoms with van der Waals surface area (Å²) in [6.45, 7) is 0.324. The van der Waals surface area contributed by atoms with Gasteiger partial charge in [-0.3, -0.25) is 14.9 Å². The largest absolute Gasteiger partial charge is 0.447 e. The van der Waals surface area contributed by atoms with Crippen molar-refractivity contribution in [3.63, 3.8) is 0 Å². The highest BCUT2D eigenvalue weighted by atomic mass is 16.6. The van der Waals surface area contributed by atoms with Crippen LogP contribution in [-0.2, 0) is 9.53 Å². The lowest BCUT2D eigenvalue weighted by atomic mass is 10.2. The number of hydrogen-bond acceptors (Lipinski definition) is 5. The molecule has 1 saturated heterocycles. The Kier molecular flexibility index (Phi) is 4.08. The number of ether oxygens (including phenoxy) is 1. The number of aromatic nitrogens is 1. The predicted molar refractivity (Wildman–Crippen MR) is 97.6 cm³/mol. The number of nitro benzene ring substituents is 1. The van der Waals surface area contributed by atoms with Gasteiger partial charge in [0.15, 0.2) is 6.10 Å². The van der Waals surface area contributed by atoms with Gasteiger partial charge in [0.05, 0.1) is 10.6 Å². The molecule has 2 aromatic carbocycles. The minimum Gasteiger partial charge on any atom is -0.447 e. The second-order valence-electron chi connectivity index (χ2n) is 6.22. The van der Waals surface area contributed by atoms with Crippen LogP contribution >= 0.6 is 0 Å². The first kappa shape index (κ1) is 16.8. The molecule has 1 amide bonds. The third-order valence-corrected chi connectivity index (χ3v) is 4.51. The molecule has 0 radical (unpaired) electrons. The number of para-hydroxylation sites is 1. The molecule has 3 aromatic rings. The Morgan fingerprint density at radius 1 is 1.19 bits per heavy atom. The number of esters is 1. The third-order valence-electron chi connectivity index (χ3n) is 4.51. The van der Waals surface area contributed by atoms with Gasteiger partial charge in [0.1, 0.15) is 5.69 Å². The number of carbonyl (C=O) groups excluding carboxylic acids is 2. The molecular weight excluding hydrogens is 350 g/mol. The number of nitrogens with zero attached hydrogens (tertiary/aromatic N) is 2. The predicted octanol–water partition coefficient (Wildman–Crippen LogP) is 3.04. The van der Waals surface area contributed by atoms with E-state index in [2.05, 4.69) is 4.98 Å². The van der Waals surface area contributed by atoms with Crippen molar-refractivity contribution in [2.75, 3.05) is 11.4 Å². The Hall–Kier alpha value is -3.68. The van der Waals surface area contributed by atoms with E-state index >= 15 is 0 Å². The standard InChI is InChI=1S/C19H15N3O5/c23-18-17(8-9-21(18)13-5-3-6-14(11-13)22(25)26)27-19(24)16-10-12-4-1-2-7-15(12)20-16/h1-7,10-11,17,20H,8-9H2. The zero-order chi connectivity index (χ0) is 19.0. The van der Waals surface area contributed by atoms with Crippen molar-refractivity contribution in [2.45, 2.75) is 12.5 Å². The van der Waals surface area contributed by atoms with Crippen LogP contribution in [-0.4, -0.2) is 34.4 Å². The van der Waals surface area contributed by atoms with E-state index in [0.717, 1.165) is 10.9 Å². The molecule has 1 unspecified atom stereocenters. The summed E-state index contributed by atoms with van der Waals surface area (Å²) in [5.74, 6) is -0.995. The van der Waals surface area contributed by atoms with Crippen molar-refractivity contribution in [3.8, 4) is 0 Å². The molecule has 0 bridgehead atoms. The minimum absolute atomic E-state index is 0.0983. The molecule has 8 nitrogen and oxygen atoms in total. The van der Waals surface area contributed by atoms with Crippen LogP contribution in [0.25, 0.3) is 10.9 Å². The first-order chi connectivity index (χ1) is 13.0. The lowest BCUT2D eigenvalue weighted by Gasteiger charge is -2.16. The number of carbonyl (C=O) groups is 2. The van der Waals surface area contributed by atoms with Gasteiger partial charge in [-0.1, -0.05) is 24.3 Å². The smallest absolute Gasteiger partial charge is 0.355 e. The number of H-pyrrole nitrogens is 1. The average molecular weight is 365 g/mol. The van der Waals surface area contributed by atoms with Crippen LogP contribution in [0.5, 0.6) is 0 Å². The summed E-state index contributed by atoms with van der Waals surface area (Å²) in [5, 5.41) is 11.8.